The summed E-state index contributed by atoms with van der Waals surface area (Å²) in [5, 5.41) is 10.0. The van der Waals surface area contributed by atoms with Gasteiger partial charge in [0.15, 0.2) is 0 Å². The smallest absolute Gasteiger partial charge is 0.132 e. The molecular weight excluding hydrogens is 180 g/mol. The molecule has 0 radical (unpaired) electrons. The minimum atomic E-state index is -0.516. The number of furan rings is 1. The summed E-state index contributed by atoms with van der Waals surface area (Å²) in [4.78, 5) is 0. The van der Waals surface area contributed by atoms with Gasteiger partial charge >= 0.3 is 0 Å². The molecule has 2 rings (SSSR count). The van der Waals surface area contributed by atoms with Crippen LogP contribution < -0.4 is 0 Å². The summed E-state index contributed by atoms with van der Waals surface area (Å²) in [6.07, 6.45) is 3.12. The average molecular weight is 196 g/mol. The molecule has 3 atom stereocenters. The van der Waals surface area contributed by atoms with Crippen LogP contribution in [0.1, 0.15) is 31.6 Å². The molecule has 2 heterocycles. The van der Waals surface area contributed by atoms with Gasteiger partial charge in [0.25, 0.3) is 0 Å². The van der Waals surface area contributed by atoms with Crippen molar-refractivity contribution < 1.29 is 14.3 Å². The Bertz CT molecular complexity index is 268. The van der Waals surface area contributed by atoms with Crippen LogP contribution in [0.25, 0.3) is 0 Å². The van der Waals surface area contributed by atoms with E-state index in [1.54, 1.807) is 12.3 Å². The van der Waals surface area contributed by atoms with Gasteiger partial charge in [0, 0.05) is 12.5 Å². The van der Waals surface area contributed by atoms with Crippen LogP contribution in [0, 0.1) is 5.92 Å². The molecule has 1 aromatic heterocycles. The lowest BCUT2D eigenvalue weighted by Crippen LogP contribution is -2.21. The molecule has 1 N–H and O–H groups in total. The molecule has 0 saturated carbocycles. The number of hydrogen-bond acceptors (Lipinski definition) is 3. The van der Waals surface area contributed by atoms with Crippen LogP contribution in [-0.4, -0.2) is 17.8 Å². The van der Waals surface area contributed by atoms with E-state index in [1.807, 2.05) is 6.07 Å². The first-order valence-electron chi connectivity index (χ1n) is 5.16. The van der Waals surface area contributed by atoms with Crippen molar-refractivity contribution in [3.63, 3.8) is 0 Å². The predicted molar refractivity (Wildman–Crippen MR) is 51.8 cm³/mol. The minimum Gasteiger partial charge on any atom is -0.467 e. The number of aliphatic hydroxyl groups excluding tert-OH is 1. The zero-order valence-electron chi connectivity index (χ0n) is 8.35. The maximum absolute atomic E-state index is 10.0. The van der Waals surface area contributed by atoms with Crippen molar-refractivity contribution >= 4 is 0 Å². The molecule has 3 heteroatoms. The number of ether oxygens (including phenoxy) is 1. The van der Waals surface area contributed by atoms with Crippen LogP contribution in [-0.2, 0) is 4.74 Å². The van der Waals surface area contributed by atoms with Crippen LogP contribution >= 0.6 is 0 Å². The van der Waals surface area contributed by atoms with Crippen molar-refractivity contribution in [2.24, 2.45) is 5.92 Å². The van der Waals surface area contributed by atoms with Gasteiger partial charge in [0.1, 0.15) is 11.9 Å². The Labute approximate surface area is 83.7 Å². The second-order valence-electron chi connectivity index (χ2n) is 3.73. The van der Waals surface area contributed by atoms with Gasteiger partial charge in [-0.2, -0.15) is 0 Å². The van der Waals surface area contributed by atoms with Gasteiger partial charge in [-0.05, 0) is 25.0 Å². The van der Waals surface area contributed by atoms with E-state index in [0.29, 0.717) is 5.76 Å². The predicted octanol–water partition coefficient (Wildman–Crippen LogP) is 2.13. The molecule has 1 aromatic rings. The highest BCUT2D eigenvalue weighted by atomic mass is 16.5. The molecule has 0 aromatic carbocycles. The Morgan fingerprint density at radius 2 is 2.50 bits per heavy atom. The fourth-order valence-corrected chi connectivity index (χ4v) is 2.12. The van der Waals surface area contributed by atoms with E-state index in [-0.39, 0.29) is 12.0 Å². The summed E-state index contributed by atoms with van der Waals surface area (Å²) >= 11 is 0. The monoisotopic (exact) mass is 196 g/mol. The van der Waals surface area contributed by atoms with Gasteiger partial charge in [-0.1, -0.05) is 6.92 Å². The van der Waals surface area contributed by atoms with Crippen LogP contribution in [0.15, 0.2) is 22.8 Å². The van der Waals surface area contributed by atoms with Crippen LogP contribution in [0.4, 0.5) is 0 Å². The van der Waals surface area contributed by atoms with E-state index in [4.69, 9.17) is 9.15 Å². The van der Waals surface area contributed by atoms with Crippen molar-refractivity contribution in [1.29, 1.82) is 0 Å². The van der Waals surface area contributed by atoms with E-state index in [0.717, 1.165) is 19.4 Å². The summed E-state index contributed by atoms with van der Waals surface area (Å²) < 4.78 is 10.7. The molecule has 3 nitrogen and oxygen atoms in total. The van der Waals surface area contributed by atoms with Crippen molar-refractivity contribution in [2.45, 2.75) is 32.0 Å². The Balaban J connectivity index is 2.07. The Kier molecular flexibility index (Phi) is 2.89. The fourth-order valence-electron chi connectivity index (χ4n) is 2.12. The summed E-state index contributed by atoms with van der Waals surface area (Å²) in [5.74, 6) is 0.838. The third-order valence-electron chi connectivity index (χ3n) is 2.90. The van der Waals surface area contributed by atoms with Gasteiger partial charge < -0.3 is 14.3 Å². The maximum Gasteiger partial charge on any atom is 0.132 e. The minimum absolute atomic E-state index is 0.176. The summed E-state index contributed by atoms with van der Waals surface area (Å²) in [5.41, 5.74) is 0. The van der Waals surface area contributed by atoms with E-state index < -0.39 is 6.10 Å². The molecule has 0 aliphatic carbocycles. The normalized spacial score (nSPS) is 29.3. The second-order valence-corrected chi connectivity index (χ2v) is 3.73. The van der Waals surface area contributed by atoms with Crippen LogP contribution in [0.3, 0.4) is 0 Å². The summed E-state index contributed by atoms with van der Waals surface area (Å²) in [6.45, 7) is 2.83. The zero-order chi connectivity index (χ0) is 9.97. The van der Waals surface area contributed by atoms with Gasteiger partial charge in [0.05, 0.1) is 12.4 Å². The molecule has 1 fully saturated rings. The lowest BCUT2D eigenvalue weighted by atomic mass is 9.92. The molecular formula is C11H16O3. The van der Waals surface area contributed by atoms with Gasteiger partial charge in [-0.25, -0.2) is 0 Å². The van der Waals surface area contributed by atoms with Crippen molar-refractivity contribution in [2.75, 3.05) is 6.61 Å². The van der Waals surface area contributed by atoms with Gasteiger partial charge in [-0.15, -0.1) is 0 Å². The molecule has 78 valence electrons. The van der Waals surface area contributed by atoms with Gasteiger partial charge in [-0.3, -0.25) is 0 Å². The molecule has 14 heavy (non-hydrogen) atoms. The van der Waals surface area contributed by atoms with E-state index in [2.05, 4.69) is 6.92 Å². The second kappa shape index (κ2) is 4.15. The van der Waals surface area contributed by atoms with Gasteiger partial charge in [0.2, 0.25) is 0 Å². The fraction of sp³-hybridized carbons (Fsp3) is 0.636. The lowest BCUT2D eigenvalue weighted by Gasteiger charge is -2.20. The van der Waals surface area contributed by atoms with Crippen LogP contribution in [0.2, 0.25) is 0 Å². The average Bonchev–Trinajstić information content (AvgIpc) is 2.87. The highest BCUT2D eigenvalue weighted by Crippen LogP contribution is 2.34. The first-order chi connectivity index (χ1) is 6.83. The van der Waals surface area contributed by atoms with E-state index in [9.17, 15) is 5.11 Å². The van der Waals surface area contributed by atoms with E-state index in [1.165, 1.54) is 0 Å². The molecule has 1 aliphatic rings. The Morgan fingerprint density at radius 1 is 1.64 bits per heavy atom. The van der Waals surface area contributed by atoms with Crippen molar-refractivity contribution in [3.05, 3.63) is 24.2 Å². The third kappa shape index (κ3) is 1.70. The van der Waals surface area contributed by atoms with Crippen LogP contribution in [0.5, 0.6) is 0 Å². The first-order valence-corrected chi connectivity index (χ1v) is 5.16. The van der Waals surface area contributed by atoms with Crippen molar-refractivity contribution in [3.8, 4) is 0 Å². The zero-order valence-corrected chi connectivity index (χ0v) is 8.35. The standard InChI is InChI=1S/C11H16O3/c1-2-9-8(5-7-14-9)11(12)10-4-3-6-13-10/h3-4,6,8-9,11-12H,2,5,7H2,1H3. The molecule has 1 saturated heterocycles. The maximum atomic E-state index is 10.0. The number of hydrogen-bond donors (Lipinski definition) is 1. The molecule has 0 bridgehead atoms. The molecule has 0 spiro atoms. The largest absolute Gasteiger partial charge is 0.467 e. The Hall–Kier alpha value is -0.800. The SMILES string of the molecule is CCC1OCCC1C(O)c1ccco1. The molecule has 3 unspecified atom stereocenters. The highest BCUT2D eigenvalue weighted by molar-refractivity contribution is 5.04. The number of aliphatic hydroxyl groups is 1. The lowest BCUT2D eigenvalue weighted by molar-refractivity contribution is 0.0210. The molecule has 0 amide bonds. The Morgan fingerprint density at radius 3 is 3.14 bits per heavy atom. The number of rotatable bonds is 3. The third-order valence-corrected chi connectivity index (χ3v) is 2.90. The first kappa shape index (κ1) is 9.74. The molecule has 1 aliphatic heterocycles. The van der Waals surface area contributed by atoms with Crippen molar-refractivity contribution in [1.82, 2.24) is 0 Å². The van der Waals surface area contributed by atoms with E-state index >= 15 is 0 Å². The summed E-state index contributed by atoms with van der Waals surface area (Å²) in [6, 6.07) is 3.62. The summed E-state index contributed by atoms with van der Waals surface area (Å²) in [7, 11) is 0. The quantitative estimate of drug-likeness (QED) is 0.805. The highest BCUT2D eigenvalue weighted by Gasteiger charge is 2.34. The topological polar surface area (TPSA) is 42.6 Å².